The molecule has 2 N–H and O–H groups in total. The number of carboxylic acids is 1. The Labute approximate surface area is 250 Å². The molecule has 5 rings (SSSR count). The van der Waals surface area contributed by atoms with Crippen LogP contribution < -0.4 is 61.7 Å². The fourth-order valence-corrected chi connectivity index (χ4v) is 4.28. The van der Waals surface area contributed by atoms with Crippen molar-refractivity contribution in [3.05, 3.63) is 87.6 Å². The van der Waals surface area contributed by atoms with E-state index in [1.54, 1.807) is 30.5 Å². The van der Waals surface area contributed by atoms with Crippen LogP contribution in [0, 0.1) is 0 Å². The van der Waals surface area contributed by atoms with Crippen LogP contribution in [-0.2, 0) is 11.0 Å². The Balaban J connectivity index is 0.00000320. The molecule has 1 atom stereocenters. The third-order valence-electron chi connectivity index (χ3n) is 5.91. The molecule has 1 aliphatic rings. The molecule has 1 unspecified atom stereocenters. The molecule has 12 heteroatoms. The smallest absolute Gasteiger partial charge is 0.668 e. The maximum atomic E-state index is 13.6. The molecule has 0 fully saturated rings. The van der Waals surface area contributed by atoms with Gasteiger partial charge in [0, 0.05) is 17.1 Å². The van der Waals surface area contributed by atoms with Crippen LogP contribution in [0.15, 0.2) is 65.6 Å². The number of aromatic hydroxyl groups is 1. The van der Waals surface area contributed by atoms with E-state index in [4.69, 9.17) is 9.84 Å². The van der Waals surface area contributed by atoms with Gasteiger partial charge in [0.05, 0.1) is 22.8 Å². The predicted molar refractivity (Wildman–Crippen MR) is 124 cm³/mol. The van der Waals surface area contributed by atoms with E-state index in [9.17, 15) is 27.9 Å². The number of nitrogens with zero attached hydrogens (tertiary/aromatic N) is 3. The molecule has 8 nitrogen and oxygen atoms in total. The maximum Gasteiger partial charge on any atom is 1.00 e. The van der Waals surface area contributed by atoms with Crippen LogP contribution in [0.25, 0.3) is 27.5 Å². The van der Waals surface area contributed by atoms with Crippen molar-refractivity contribution in [1.29, 1.82) is 0 Å². The Hall–Kier alpha value is -2.90. The second kappa shape index (κ2) is 10.5. The van der Waals surface area contributed by atoms with Crippen molar-refractivity contribution in [3.8, 4) is 22.8 Å². The minimum atomic E-state index is -4.53. The minimum Gasteiger partial charge on any atom is -0.668 e. The van der Waals surface area contributed by atoms with E-state index in [0.717, 1.165) is 12.1 Å². The Morgan fingerprint density at radius 3 is 2.49 bits per heavy atom. The van der Waals surface area contributed by atoms with Gasteiger partial charge in [-0.1, -0.05) is 18.2 Å². The zero-order valence-corrected chi connectivity index (χ0v) is 22.5. The number of pyridine rings is 2. The van der Waals surface area contributed by atoms with Gasteiger partial charge in [-0.25, -0.2) is 0 Å². The van der Waals surface area contributed by atoms with Crippen LogP contribution in [-0.4, -0.2) is 38.9 Å². The number of aromatic nitrogens is 2. The number of ether oxygens (including phenoxy) is 1. The molecule has 1 aliphatic heterocycles. The summed E-state index contributed by atoms with van der Waals surface area (Å²) in [5.41, 5.74) is -0.464. The first kappa shape index (κ1) is 27.1. The maximum absolute atomic E-state index is 13.6. The summed E-state index contributed by atoms with van der Waals surface area (Å²) in [6, 6.07) is 11.9. The fourth-order valence-electron chi connectivity index (χ4n) is 4.28. The van der Waals surface area contributed by atoms with Gasteiger partial charge in [-0.15, -0.1) is 0 Å². The van der Waals surface area contributed by atoms with Crippen LogP contribution in [0.4, 0.5) is 18.9 Å². The van der Waals surface area contributed by atoms with E-state index in [1.165, 1.54) is 22.8 Å². The third-order valence-corrected chi connectivity index (χ3v) is 5.91. The molecule has 184 valence electrons. The summed E-state index contributed by atoms with van der Waals surface area (Å²) in [6.45, 7) is -0.866. The quantitative estimate of drug-likeness (QED) is 0.377. The Morgan fingerprint density at radius 2 is 1.86 bits per heavy atom. The van der Waals surface area contributed by atoms with E-state index in [2.05, 4.69) is 10.3 Å². The summed E-state index contributed by atoms with van der Waals surface area (Å²) < 4.78 is 46.6. The van der Waals surface area contributed by atoms with Crippen molar-refractivity contribution in [2.75, 3.05) is 13.2 Å². The number of carboxylic acid groups (broad SMARTS) is 1. The van der Waals surface area contributed by atoms with E-state index < -0.39 is 47.3 Å². The number of hydrogen-bond acceptors (Lipinski definition) is 5. The summed E-state index contributed by atoms with van der Waals surface area (Å²) in [6.07, 6.45) is -2.95. The number of carbonyl (C=O) groups is 1. The van der Waals surface area contributed by atoms with Gasteiger partial charge in [0.15, 0.2) is 5.75 Å². The first-order chi connectivity index (χ1) is 17.2. The van der Waals surface area contributed by atoms with Gasteiger partial charge in [0.25, 0.3) is 5.97 Å². The molecular formula is C25H17F3KN3O5. The van der Waals surface area contributed by atoms with Crippen LogP contribution >= 0.6 is 0 Å². The molecule has 0 amide bonds. The normalized spacial score (nSPS) is 14.5. The number of alkyl halides is 3. The Kier molecular flexibility index (Phi) is 7.67. The molecule has 4 aromatic rings. The molecule has 0 radical (unpaired) electrons. The predicted octanol–water partition coefficient (Wildman–Crippen LogP) is 1.86. The molecular weight excluding hydrogens is 518 g/mol. The summed E-state index contributed by atoms with van der Waals surface area (Å²) in [5, 5.41) is 23.9. The third kappa shape index (κ3) is 4.99. The van der Waals surface area contributed by atoms with Crippen molar-refractivity contribution in [2.45, 2.75) is 12.2 Å². The average molecular weight is 536 g/mol. The monoisotopic (exact) mass is 535 g/mol. The van der Waals surface area contributed by atoms with Gasteiger partial charge < -0.3 is 20.3 Å². The van der Waals surface area contributed by atoms with E-state index in [-0.39, 0.29) is 74.6 Å². The van der Waals surface area contributed by atoms with Crippen molar-refractivity contribution in [2.24, 2.45) is 0 Å². The largest absolute Gasteiger partial charge is 1.00 e. The first-order valence-electron chi connectivity index (χ1n) is 10.7. The van der Waals surface area contributed by atoms with E-state index >= 15 is 0 Å². The fraction of sp³-hybridized carbons (Fsp3) is 0.160. The second-order valence-corrected chi connectivity index (χ2v) is 8.08. The van der Waals surface area contributed by atoms with E-state index in [1.807, 2.05) is 0 Å². The molecule has 0 saturated heterocycles. The summed E-state index contributed by atoms with van der Waals surface area (Å²) >= 11 is 0. The number of rotatable bonds is 5. The van der Waals surface area contributed by atoms with Crippen LogP contribution in [0.1, 0.15) is 17.2 Å². The Bertz CT molecular complexity index is 1540. The summed E-state index contributed by atoms with van der Waals surface area (Å²) in [5.74, 6) is -1.56. The van der Waals surface area contributed by atoms with Gasteiger partial charge in [-0.05, 0) is 54.2 Å². The van der Waals surface area contributed by atoms with Crippen molar-refractivity contribution < 1.29 is 84.3 Å². The molecule has 0 saturated carbocycles. The van der Waals surface area contributed by atoms with Gasteiger partial charge in [-0.2, -0.15) is 13.2 Å². The van der Waals surface area contributed by atoms with Crippen LogP contribution in [0.3, 0.4) is 0 Å². The SMILES string of the molecule is O=C(O)C[N-]c1c(O)c2ccc(-c3ccccn3)c3c2n(c1=O)C(c1ccc(C(F)(F)F)cc1)CO3.[K+]. The molecule has 3 heterocycles. The summed E-state index contributed by atoms with van der Waals surface area (Å²) in [4.78, 5) is 29.0. The van der Waals surface area contributed by atoms with Crippen molar-refractivity contribution in [3.63, 3.8) is 0 Å². The number of hydrogen-bond donors (Lipinski definition) is 2. The molecule has 0 spiro atoms. The topological polar surface area (TPSA) is 116 Å². The minimum absolute atomic E-state index is 0. The van der Waals surface area contributed by atoms with Gasteiger partial charge >= 0.3 is 57.6 Å². The van der Waals surface area contributed by atoms with Gasteiger partial charge in [0.2, 0.25) is 5.56 Å². The number of benzene rings is 2. The second-order valence-electron chi connectivity index (χ2n) is 8.08. The number of halogens is 3. The Morgan fingerprint density at radius 1 is 1.14 bits per heavy atom. The standard InChI is InChI=1S/C25H18F3N3O5.K/c26-25(27,28)14-6-4-13(5-7-14)18-12-36-23-15(17-3-1-2-10-29-17)8-9-16-21(23)31(18)24(35)20(22(16)34)30-11-19(32)33;/h1-10,18H,11-12H2,(H3,29,30,32,33,34,35);/q;+1/p-1. The molecule has 0 bridgehead atoms. The van der Waals surface area contributed by atoms with E-state index in [0.29, 0.717) is 16.8 Å². The zero-order chi connectivity index (χ0) is 25.6. The molecule has 2 aromatic carbocycles. The van der Waals surface area contributed by atoms with Crippen LogP contribution in [0.2, 0.25) is 0 Å². The first-order valence-corrected chi connectivity index (χ1v) is 10.7. The number of aliphatic carboxylic acids is 1. The van der Waals surface area contributed by atoms with Crippen molar-refractivity contribution >= 4 is 22.6 Å². The summed E-state index contributed by atoms with van der Waals surface area (Å²) in [7, 11) is 0. The molecule has 2 aromatic heterocycles. The molecule has 37 heavy (non-hydrogen) atoms. The van der Waals surface area contributed by atoms with Gasteiger partial charge in [0.1, 0.15) is 12.4 Å². The molecule has 0 aliphatic carbocycles. The zero-order valence-electron chi connectivity index (χ0n) is 19.4. The van der Waals surface area contributed by atoms with Gasteiger partial charge in [-0.3, -0.25) is 19.1 Å². The van der Waals surface area contributed by atoms with Crippen LogP contribution in [0.5, 0.6) is 11.5 Å². The average Bonchev–Trinajstić information content (AvgIpc) is 2.86. The van der Waals surface area contributed by atoms with Crippen molar-refractivity contribution in [1.82, 2.24) is 9.55 Å².